The third-order valence-electron chi connectivity index (χ3n) is 8.72. The largest absolute Gasteiger partial charge is 0.496 e. The van der Waals surface area contributed by atoms with Crippen LogP contribution in [0.15, 0.2) is 12.1 Å². The van der Waals surface area contributed by atoms with Crippen LogP contribution in [0.2, 0.25) is 0 Å². The van der Waals surface area contributed by atoms with Crippen molar-refractivity contribution < 1.29 is 23.7 Å². The molecule has 6 nitrogen and oxygen atoms in total. The fourth-order valence-electron chi connectivity index (χ4n) is 7.01. The SMILES string of the molecule is COc1cc2c(cc1[C@H]1OCC[C@@]34C[C@@H](C[C@H]13)C(C)(C)[C@H]4NC(=O)C(C)C)OCCCO2. The zero-order valence-corrected chi connectivity index (χ0v) is 20.0. The van der Waals surface area contributed by atoms with E-state index in [9.17, 15) is 4.79 Å². The summed E-state index contributed by atoms with van der Waals surface area (Å²) in [5.74, 6) is 3.35. The number of hydrogen-bond donors (Lipinski definition) is 1. The summed E-state index contributed by atoms with van der Waals surface area (Å²) in [5, 5.41) is 3.48. The molecule has 1 aromatic rings. The van der Waals surface area contributed by atoms with E-state index < -0.39 is 0 Å². The van der Waals surface area contributed by atoms with E-state index in [1.165, 1.54) is 0 Å². The van der Waals surface area contributed by atoms with Gasteiger partial charge in [-0.1, -0.05) is 27.7 Å². The highest BCUT2D eigenvalue weighted by atomic mass is 16.5. The topological polar surface area (TPSA) is 66.0 Å². The monoisotopic (exact) mass is 443 g/mol. The predicted molar refractivity (Wildman–Crippen MR) is 121 cm³/mol. The lowest BCUT2D eigenvalue weighted by Gasteiger charge is -2.53. The number of amides is 1. The molecule has 2 aliphatic heterocycles. The summed E-state index contributed by atoms with van der Waals surface area (Å²) >= 11 is 0. The van der Waals surface area contributed by atoms with Crippen LogP contribution >= 0.6 is 0 Å². The average Bonchev–Trinajstić information content (AvgIpc) is 3.14. The van der Waals surface area contributed by atoms with Crippen molar-refractivity contribution in [3.63, 3.8) is 0 Å². The third-order valence-corrected chi connectivity index (χ3v) is 8.72. The molecule has 3 fully saturated rings. The highest BCUT2D eigenvalue weighted by Gasteiger charge is 2.68. The van der Waals surface area contributed by atoms with Crippen LogP contribution in [0, 0.1) is 28.6 Å². The molecule has 0 aromatic heterocycles. The fraction of sp³-hybridized carbons (Fsp3) is 0.731. The third kappa shape index (κ3) is 3.20. The van der Waals surface area contributed by atoms with Gasteiger partial charge in [0.05, 0.1) is 26.4 Å². The van der Waals surface area contributed by atoms with Gasteiger partial charge in [-0.15, -0.1) is 0 Å². The molecule has 1 saturated heterocycles. The quantitative estimate of drug-likeness (QED) is 0.742. The minimum absolute atomic E-state index is 0.0164. The number of hydrogen-bond acceptors (Lipinski definition) is 5. The van der Waals surface area contributed by atoms with Crippen LogP contribution in [-0.2, 0) is 9.53 Å². The number of fused-ring (bicyclic) bond motifs is 2. The number of carbonyl (C=O) groups is 1. The first-order valence-electron chi connectivity index (χ1n) is 12.2. The van der Waals surface area contributed by atoms with Gasteiger partial charge >= 0.3 is 0 Å². The van der Waals surface area contributed by atoms with Crippen LogP contribution in [0.4, 0.5) is 0 Å². The van der Waals surface area contributed by atoms with E-state index in [0.717, 1.165) is 48.5 Å². The molecule has 0 unspecified atom stereocenters. The van der Waals surface area contributed by atoms with Crippen LogP contribution in [0.5, 0.6) is 17.2 Å². The Hall–Kier alpha value is -1.95. The molecule has 4 aliphatic rings. The van der Waals surface area contributed by atoms with Crippen molar-refractivity contribution in [1.82, 2.24) is 5.32 Å². The predicted octanol–water partition coefficient (Wildman–Crippen LogP) is 4.51. The van der Waals surface area contributed by atoms with E-state index in [2.05, 4.69) is 25.2 Å². The Bertz CT molecular complexity index is 896. The zero-order valence-electron chi connectivity index (χ0n) is 20.0. The Morgan fingerprint density at radius 3 is 2.56 bits per heavy atom. The van der Waals surface area contributed by atoms with Gasteiger partial charge in [0.1, 0.15) is 5.75 Å². The normalized spacial score (nSPS) is 34.7. The number of rotatable bonds is 4. The molecule has 176 valence electrons. The molecule has 1 spiro atoms. The van der Waals surface area contributed by atoms with Crippen molar-refractivity contribution in [3.05, 3.63) is 17.7 Å². The highest BCUT2D eigenvalue weighted by Crippen LogP contribution is 2.71. The molecule has 0 radical (unpaired) electrons. The van der Waals surface area contributed by atoms with Crippen molar-refractivity contribution in [1.29, 1.82) is 0 Å². The second-order valence-electron chi connectivity index (χ2n) is 11.0. The van der Waals surface area contributed by atoms with Crippen LogP contribution in [-0.4, -0.2) is 38.9 Å². The summed E-state index contributed by atoms with van der Waals surface area (Å²) < 4.78 is 24.2. The fourth-order valence-corrected chi connectivity index (χ4v) is 7.01. The zero-order chi connectivity index (χ0) is 22.7. The Labute approximate surface area is 191 Å². The number of methoxy groups -OCH3 is 1. The summed E-state index contributed by atoms with van der Waals surface area (Å²) in [7, 11) is 1.71. The maximum atomic E-state index is 12.8. The minimum atomic E-state index is -0.0737. The first-order chi connectivity index (χ1) is 15.3. The molecule has 5 atom stereocenters. The van der Waals surface area contributed by atoms with Crippen LogP contribution in [0.25, 0.3) is 0 Å². The second-order valence-corrected chi connectivity index (χ2v) is 11.0. The Kier molecular flexibility index (Phi) is 5.35. The van der Waals surface area contributed by atoms with E-state index in [4.69, 9.17) is 18.9 Å². The number of ether oxygens (including phenoxy) is 4. The van der Waals surface area contributed by atoms with Gasteiger partial charge in [-0.2, -0.15) is 0 Å². The van der Waals surface area contributed by atoms with Crippen molar-refractivity contribution >= 4 is 5.91 Å². The molecule has 5 rings (SSSR count). The molecule has 6 heteroatoms. The van der Waals surface area contributed by atoms with E-state index in [-0.39, 0.29) is 34.8 Å². The summed E-state index contributed by atoms with van der Waals surface area (Å²) in [6.07, 6.45) is 4.05. The molecular formula is C26H37NO5. The molecule has 2 bridgehead atoms. The van der Waals surface area contributed by atoms with E-state index in [0.29, 0.717) is 31.7 Å². The number of carbonyl (C=O) groups excluding carboxylic acids is 1. The number of nitrogens with one attached hydrogen (secondary N) is 1. The minimum Gasteiger partial charge on any atom is -0.496 e. The molecule has 2 saturated carbocycles. The van der Waals surface area contributed by atoms with Gasteiger partial charge in [0.2, 0.25) is 5.91 Å². The van der Waals surface area contributed by atoms with Gasteiger partial charge in [-0.25, -0.2) is 0 Å². The Morgan fingerprint density at radius 2 is 1.88 bits per heavy atom. The Morgan fingerprint density at radius 1 is 1.16 bits per heavy atom. The van der Waals surface area contributed by atoms with Crippen molar-refractivity contribution in [3.8, 4) is 17.2 Å². The maximum Gasteiger partial charge on any atom is 0.222 e. The summed E-state index contributed by atoms with van der Waals surface area (Å²) in [6.45, 7) is 10.6. The first kappa shape index (κ1) is 21.9. The molecule has 2 aliphatic carbocycles. The van der Waals surface area contributed by atoms with Gasteiger partial charge in [0, 0.05) is 36.6 Å². The molecule has 1 amide bonds. The van der Waals surface area contributed by atoms with Crippen molar-refractivity contribution in [2.45, 2.75) is 65.5 Å². The molecule has 1 aromatic carbocycles. The highest BCUT2D eigenvalue weighted by molar-refractivity contribution is 5.78. The Balaban J connectivity index is 1.52. The van der Waals surface area contributed by atoms with E-state index >= 15 is 0 Å². The van der Waals surface area contributed by atoms with Gasteiger partial charge in [-0.3, -0.25) is 4.79 Å². The lowest BCUT2D eigenvalue weighted by Crippen LogP contribution is -2.59. The lowest BCUT2D eigenvalue weighted by atomic mass is 9.58. The van der Waals surface area contributed by atoms with Gasteiger partial charge < -0.3 is 24.3 Å². The molecular weight excluding hydrogens is 406 g/mol. The first-order valence-corrected chi connectivity index (χ1v) is 12.2. The summed E-state index contributed by atoms with van der Waals surface area (Å²) in [5.41, 5.74) is 1.18. The van der Waals surface area contributed by atoms with E-state index in [1.54, 1.807) is 7.11 Å². The van der Waals surface area contributed by atoms with Crippen molar-refractivity contribution in [2.75, 3.05) is 26.9 Å². The van der Waals surface area contributed by atoms with Crippen LogP contribution < -0.4 is 19.5 Å². The second kappa shape index (κ2) is 7.82. The van der Waals surface area contributed by atoms with Crippen LogP contribution in [0.3, 0.4) is 0 Å². The average molecular weight is 444 g/mol. The molecule has 1 N–H and O–H groups in total. The number of benzene rings is 1. The molecule has 32 heavy (non-hydrogen) atoms. The van der Waals surface area contributed by atoms with Gasteiger partial charge in [0.15, 0.2) is 11.5 Å². The van der Waals surface area contributed by atoms with Gasteiger partial charge in [-0.05, 0) is 48.0 Å². The standard InChI is InChI=1S/C26H37NO5/c1-15(2)23(28)27-24-25(3,4)16-11-18-22(32-10-7-26(18,24)14-16)17-12-20-21(13-19(17)29-5)31-9-6-8-30-20/h12-13,15-16,18,22,24H,6-11,14H2,1-5H3,(H,27,28)/t16-,18-,22-,24-,26-/m1/s1. The summed E-state index contributed by atoms with van der Waals surface area (Å²) in [4.78, 5) is 12.8. The van der Waals surface area contributed by atoms with Crippen LogP contribution in [0.1, 0.15) is 65.0 Å². The van der Waals surface area contributed by atoms with E-state index in [1.807, 2.05) is 19.9 Å². The lowest BCUT2D eigenvalue weighted by molar-refractivity contribution is -0.139. The summed E-state index contributed by atoms with van der Waals surface area (Å²) in [6, 6.07) is 4.18. The van der Waals surface area contributed by atoms with Crippen molar-refractivity contribution in [2.24, 2.45) is 28.6 Å². The molecule has 2 heterocycles. The smallest absolute Gasteiger partial charge is 0.222 e. The van der Waals surface area contributed by atoms with Gasteiger partial charge in [0.25, 0.3) is 0 Å². The maximum absolute atomic E-state index is 12.8.